The van der Waals surface area contributed by atoms with Crippen LogP contribution >= 0.6 is 0 Å². The van der Waals surface area contributed by atoms with E-state index >= 15 is 0 Å². The molecule has 0 saturated carbocycles. The van der Waals surface area contributed by atoms with Crippen molar-refractivity contribution in [2.75, 3.05) is 13.7 Å². The quantitative estimate of drug-likeness (QED) is 0.337. The first-order chi connectivity index (χ1) is 9.17. The smallest absolute Gasteiger partial charge is 0.211 e. The van der Waals surface area contributed by atoms with Crippen LogP contribution in [-0.2, 0) is 0 Å². The van der Waals surface area contributed by atoms with Crippen molar-refractivity contribution in [1.29, 1.82) is 0 Å². The van der Waals surface area contributed by atoms with Crippen LogP contribution < -0.4 is 20.9 Å². The van der Waals surface area contributed by atoms with E-state index in [0.717, 1.165) is 24.2 Å². The summed E-state index contributed by atoms with van der Waals surface area (Å²) in [5.74, 6) is 1.29. The maximum atomic E-state index is 5.63. The van der Waals surface area contributed by atoms with E-state index in [4.69, 9.17) is 20.9 Å². The third kappa shape index (κ3) is 5.29. The van der Waals surface area contributed by atoms with Crippen LogP contribution in [0.5, 0.6) is 11.5 Å². The number of unbranched alkanes of at least 4 members (excludes halogenated alkanes) is 1. The average molecular weight is 264 g/mol. The lowest BCUT2D eigenvalue weighted by atomic mass is 10.2. The lowest BCUT2D eigenvalue weighted by Gasteiger charge is -2.10. The van der Waals surface area contributed by atoms with E-state index in [1.807, 2.05) is 18.2 Å². The highest BCUT2D eigenvalue weighted by Crippen LogP contribution is 2.27. The van der Waals surface area contributed by atoms with Crippen LogP contribution in [0.25, 0.3) is 0 Å². The van der Waals surface area contributed by atoms with Crippen molar-refractivity contribution in [3.63, 3.8) is 0 Å². The van der Waals surface area contributed by atoms with Gasteiger partial charge in [-0.05, 0) is 30.2 Å². The summed E-state index contributed by atoms with van der Waals surface area (Å²) in [5.41, 5.74) is 11.2. The second-order valence-corrected chi connectivity index (χ2v) is 3.88. The number of methoxy groups -OCH3 is 1. The maximum Gasteiger partial charge on any atom is 0.211 e. The highest BCUT2D eigenvalue weighted by Gasteiger charge is 2.04. The Bertz CT molecular complexity index is 454. The van der Waals surface area contributed by atoms with Gasteiger partial charge >= 0.3 is 0 Å². The van der Waals surface area contributed by atoms with Gasteiger partial charge in [-0.15, -0.1) is 5.10 Å². The predicted molar refractivity (Wildman–Crippen MR) is 76.8 cm³/mol. The normalized spacial score (nSPS) is 10.4. The molecule has 0 saturated heterocycles. The molecule has 0 fully saturated rings. The van der Waals surface area contributed by atoms with Crippen LogP contribution in [0.3, 0.4) is 0 Å². The third-order valence-electron chi connectivity index (χ3n) is 2.32. The van der Waals surface area contributed by atoms with Crippen LogP contribution in [-0.4, -0.2) is 25.9 Å². The molecule has 0 unspecified atom stereocenters. The molecule has 0 heterocycles. The molecule has 1 aromatic carbocycles. The molecule has 0 spiro atoms. The Hall–Kier alpha value is -2.24. The first-order valence-corrected chi connectivity index (χ1v) is 6.10. The van der Waals surface area contributed by atoms with Crippen LogP contribution in [0.4, 0.5) is 0 Å². The van der Waals surface area contributed by atoms with Gasteiger partial charge in [0.25, 0.3) is 0 Å². The Kier molecular flexibility index (Phi) is 6.21. The molecule has 1 aromatic rings. The van der Waals surface area contributed by atoms with E-state index < -0.39 is 0 Å². The number of ether oxygens (including phenoxy) is 2. The molecule has 6 heteroatoms. The molecule has 0 bridgehead atoms. The minimum atomic E-state index is -0.0808. The summed E-state index contributed by atoms with van der Waals surface area (Å²) in [4.78, 5) is 0. The van der Waals surface area contributed by atoms with Crippen molar-refractivity contribution in [2.24, 2.45) is 21.7 Å². The molecule has 0 aliphatic carbocycles. The first kappa shape index (κ1) is 14.8. The molecule has 0 aliphatic rings. The van der Waals surface area contributed by atoms with Crippen molar-refractivity contribution in [1.82, 2.24) is 0 Å². The molecule has 0 aliphatic heterocycles. The lowest BCUT2D eigenvalue weighted by Crippen LogP contribution is -2.21. The highest BCUT2D eigenvalue weighted by atomic mass is 16.5. The Morgan fingerprint density at radius 2 is 2.11 bits per heavy atom. The summed E-state index contributed by atoms with van der Waals surface area (Å²) in [6.45, 7) is 2.79. The summed E-state index contributed by atoms with van der Waals surface area (Å²) in [6, 6.07) is 5.51. The van der Waals surface area contributed by atoms with Crippen LogP contribution in [0.2, 0.25) is 0 Å². The monoisotopic (exact) mass is 264 g/mol. The van der Waals surface area contributed by atoms with Gasteiger partial charge in [0.05, 0.1) is 19.9 Å². The number of hydrogen-bond acceptors (Lipinski definition) is 4. The van der Waals surface area contributed by atoms with Gasteiger partial charge in [0.2, 0.25) is 5.96 Å². The molecule has 0 radical (unpaired) electrons. The zero-order valence-electron chi connectivity index (χ0n) is 11.3. The molecule has 4 N–H and O–H groups in total. The van der Waals surface area contributed by atoms with Crippen LogP contribution in [0, 0.1) is 0 Å². The molecular weight excluding hydrogens is 244 g/mol. The maximum absolute atomic E-state index is 5.63. The Morgan fingerprint density at radius 3 is 2.74 bits per heavy atom. The van der Waals surface area contributed by atoms with E-state index in [2.05, 4.69) is 17.1 Å². The third-order valence-corrected chi connectivity index (χ3v) is 2.32. The van der Waals surface area contributed by atoms with Gasteiger partial charge in [-0.25, -0.2) is 0 Å². The second kappa shape index (κ2) is 7.97. The molecule has 104 valence electrons. The summed E-state index contributed by atoms with van der Waals surface area (Å²) < 4.78 is 10.9. The van der Waals surface area contributed by atoms with Gasteiger partial charge < -0.3 is 20.9 Å². The fourth-order valence-corrected chi connectivity index (χ4v) is 1.37. The van der Waals surface area contributed by atoms with Gasteiger partial charge in [0.15, 0.2) is 11.5 Å². The van der Waals surface area contributed by atoms with Gasteiger partial charge in [0.1, 0.15) is 0 Å². The lowest BCUT2D eigenvalue weighted by molar-refractivity contribution is 0.288. The molecule has 0 atom stereocenters. The fraction of sp³-hybridized carbons (Fsp3) is 0.385. The summed E-state index contributed by atoms with van der Waals surface area (Å²) in [5, 5.41) is 7.27. The van der Waals surface area contributed by atoms with E-state index in [9.17, 15) is 0 Å². The van der Waals surface area contributed by atoms with Crippen molar-refractivity contribution in [3.8, 4) is 11.5 Å². The predicted octanol–water partition coefficient (Wildman–Crippen LogP) is 1.48. The van der Waals surface area contributed by atoms with Crippen LogP contribution in [0.1, 0.15) is 25.3 Å². The SMILES string of the molecule is CCCCOc1ccc(C=NN=C(N)N)cc1OC. The summed E-state index contributed by atoms with van der Waals surface area (Å²) in [6.07, 6.45) is 3.64. The average Bonchev–Trinajstić information content (AvgIpc) is 2.39. The molecular formula is C13H20N4O2. The fourth-order valence-electron chi connectivity index (χ4n) is 1.37. The van der Waals surface area contributed by atoms with Crippen molar-refractivity contribution in [3.05, 3.63) is 23.8 Å². The number of hydrogen-bond donors (Lipinski definition) is 2. The second-order valence-electron chi connectivity index (χ2n) is 3.88. The molecule has 6 nitrogen and oxygen atoms in total. The van der Waals surface area contributed by atoms with E-state index in [1.165, 1.54) is 6.21 Å². The van der Waals surface area contributed by atoms with E-state index in [1.54, 1.807) is 7.11 Å². The Balaban J connectivity index is 2.77. The molecule has 0 aromatic heterocycles. The van der Waals surface area contributed by atoms with Gasteiger partial charge in [-0.3, -0.25) is 0 Å². The first-order valence-electron chi connectivity index (χ1n) is 6.10. The zero-order chi connectivity index (χ0) is 14.1. The minimum absolute atomic E-state index is 0.0808. The number of nitrogens with two attached hydrogens (primary N) is 2. The number of benzene rings is 1. The largest absolute Gasteiger partial charge is 0.493 e. The number of guanidine groups is 1. The van der Waals surface area contributed by atoms with Crippen molar-refractivity contribution < 1.29 is 9.47 Å². The Labute approximate surface area is 113 Å². The molecule has 19 heavy (non-hydrogen) atoms. The summed E-state index contributed by atoms with van der Waals surface area (Å²) in [7, 11) is 1.60. The zero-order valence-corrected chi connectivity index (χ0v) is 11.3. The molecule has 1 rings (SSSR count). The minimum Gasteiger partial charge on any atom is -0.493 e. The van der Waals surface area contributed by atoms with E-state index in [0.29, 0.717) is 12.4 Å². The van der Waals surface area contributed by atoms with Crippen molar-refractivity contribution in [2.45, 2.75) is 19.8 Å². The number of nitrogens with zero attached hydrogens (tertiary/aromatic N) is 2. The van der Waals surface area contributed by atoms with Crippen molar-refractivity contribution >= 4 is 12.2 Å². The standard InChI is InChI=1S/C13H20N4O2/c1-3-4-7-19-11-6-5-10(8-12(11)18-2)9-16-17-13(14)15/h5-6,8-9H,3-4,7H2,1-2H3,(H4,14,15,17). The highest BCUT2D eigenvalue weighted by molar-refractivity contribution is 5.82. The summed E-state index contributed by atoms with van der Waals surface area (Å²) >= 11 is 0. The van der Waals surface area contributed by atoms with Gasteiger partial charge in [-0.2, -0.15) is 5.10 Å². The van der Waals surface area contributed by atoms with Gasteiger partial charge in [0, 0.05) is 0 Å². The van der Waals surface area contributed by atoms with Crippen LogP contribution in [0.15, 0.2) is 28.4 Å². The van der Waals surface area contributed by atoms with Gasteiger partial charge in [-0.1, -0.05) is 13.3 Å². The Morgan fingerprint density at radius 1 is 1.32 bits per heavy atom. The number of rotatable bonds is 7. The molecule has 0 amide bonds. The van der Waals surface area contributed by atoms with E-state index in [-0.39, 0.29) is 5.96 Å². The topological polar surface area (TPSA) is 95.2 Å².